The van der Waals surface area contributed by atoms with Crippen molar-refractivity contribution >= 4 is 0 Å². The molecular weight excluding hydrogens is 286 g/mol. The lowest BCUT2D eigenvalue weighted by Gasteiger charge is -2.51. The van der Waals surface area contributed by atoms with E-state index in [9.17, 15) is 5.11 Å². The quantitative estimate of drug-likeness (QED) is 0.912. The Hall–Kier alpha value is -1.91. The maximum Gasteiger partial charge on any atom is 0.138 e. The van der Waals surface area contributed by atoms with Gasteiger partial charge in [-0.25, -0.2) is 0 Å². The number of rotatable bonds is 4. The highest BCUT2D eigenvalue weighted by atomic mass is 16.3. The van der Waals surface area contributed by atoms with Crippen LogP contribution >= 0.6 is 0 Å². The average molecular weight is 309 g/mol. The molecule has 2 aromatic rings. The third-order valence-electron chi connectivity index (χ3n) is 5.33. The summed E-state index contributed by atoms with van der Waals surface area (Å²) in [5, 5.41) is 13.6. The number of hydrogen-bond acceptors (Lipinski definition) is 4. The van der Waals surface area contributed by atoms with Gasteiger partial charge in [0.05, 0.1) is 11.7 Å². The van der Waals surface area contributed by atoms with E-state index in [0.29, 0.717) is 24.5 Å². The van der Waals surface area contributed by atoms with Crippen LogP contribution in [0, 0.1) is 5.92 Å². The zero-order chi connectivity index (χ0) is 15.6. The van der Waals surface area contributed by atoms with Crippen molar-refractivity contribution in [1.29, 1.82) is 0 Å². The van der Waals surface area contributed by atoms with Gasteiger partial charge in [0.15, 0.2) is 0 Å². The number of aromatic hydroxyl groups is 1. The molecule has 2 N–H and O–H groups in total. The summed E-state index contributed by atoms with van der Waals surface area (Å²) in [6.45, 7) is 3.00. The average Bonchev–Trinajstić information content (AvgIpc) is 2.62. The first-order valence-electron chi connectivity index (χ1n) is 8.48. The van der Waals surface area contributed by atoms with E-state index in [0.717, 1.165) is 5.69 Å². The summed E-state index contributed by atoms with van der Waals surface area (Å²) in [4.78, 5) is 6.90. The van der Waals surface area contributed by atoms with Crippen LogP contribution in [0.2, 0.25) is 0 Å². The van der Waals surface area contributed by atoms with Crippen LogP contribution in [0.25, 0.3) is 0 Å². The van der Waals surface area contributed by atoms with E-state index in [4.69, 9.17) is 0 Å². The fourth-order valence-electron chi connectivity index (χ4n) is 4.17. The van der Waals surface area contributed by atoms with Gasteiger partial charge in [-0.2, -0.15) is 0 Å². The molecule has 2 bridgehead atoms. The highest BCUT2D eigenvalue weighted by Gasteiger charge is 2.42. The van der Waals surface area contributed by atoms with Crippen molar-refractivity contribution in [2.24, 2.45) is 5.92 Å². The third-order valence-corrected chi connectivity index (χ3v) is 5.33. The first kappa shape index (κ1) is 14.7. The van der Waals surface area contributed by atoms with E-state index >= 15 is 0 Å². The van der Waals surface area contributed by atoms with Crippen molar-refractivity contribution in [2.45, 2.75) is 31.5 Å². The highest BCUT2D eigenvalue weighted by molar-refractivity contribution is 5.26. The fourth-order valence-corrected chi connectivity index (χ4v) is 4.17. The maximum atomic E-state index is 9.94. The summed E-state index contributed by atoms with van der Waals surface area (Å²) in [7, 11) is 0. The molecule has 23 heavy (non-hydrogen) atoms. The van der Waals surface area contributed by atoms with Crippen molar-refractivity contribution in [3.05, 3.63) is 59.9 Å². The van der Waals surface area contributed by atoms with Crippen LogP contribution in [-0.2, 0) is 6.54 Å². The van der Waals surface area contributed by atoms with Crippen LogP contribution in [0.3, 0.4) is 0 Å². The van der Waals surface area contributed by atoms with Crippen LogP contribution < -0.4 is 5.32 Å². The predicted octanol–water partition coefficient (Wildman–Crippen LogP) is 2.71. The summed E-state index contributed by atoms with van der Waals surface area (Å²) >= 11 is 0. The second kappa shape index (κ2) is 6.30. The van der Waals surface area contributed by atoms with Gasteiger partial charge < -0.3 is 10.4 Å². The minimum absolute atomic E-state index is 0.275. The lowest BCUT2D eigenvalue weighted by atomic mass is 9.76. The van der Waals surface area contributed by atoms with E-state index in [-0.39, 0.29) is 5.75 Å². The summed E-state index contributed by atoms with van der Waals surface area (Å²) in [6, 6.07) is 15.1. The van der Waals surface area contributed by atoms with Crippen LogP contribution in [-0.4, -0.2) is 34.1 Å². The molecule has 0 spiro atoms. The first-order valence-corrected chi connectivity index (χ1v) is 8.48. The molecule has 2 unspecified atom stereocenters. The van der Waals surface area contributed by atoms with Gasteiger partial charge in [-0.05, 0) is 49.5 Å². The number of aromatic nitrogens is 1. The number of fused-ring (bicyclic) bond motifs is 3. The van der Waals surface area contributed by atoms with Gasteiger partial charge in [0.1, 0.15) is 5.75 Å². The van der Waals surface area contributed by atoms with Crippen molar-refractivity contribution < 1.29 is 5.11 Å². The SMILES string of the molecule is Oc1cccnc1CNC1C2CCN(CC2)C1c1ccccc1. The van der Waals surface area contributed by atoms with E-state index in [1.54, 1.807) is 18.3 Å². The Balaban J connectivity index is 1.56. The number of nitrogens with one attached hydrogen (secondary N) is 1. The number of nitrogens with zero attached hydrogens (tertiary/aromatic N) is 2. The largest absolute Gasteiger partial charge is 0.506 e. The van der Waals surface area contributed by atoms with Crippen LogP contribution in [0.15, 0.2) is 48.7 Å². The Morgan fingerprint density at radius 1 is 1.09 bits per heavy atom. The molecule has 0 saturated carbocycles. The van der Waals surface area contributed by atoms with Gasteiger partial charge >= 0.3 is 0 Å². The van der Waals surface area contributed by atoms with Crippen molar-refractivity contribution in [3.63, 3.8) is 0 Å². The van der Waals surface area contributed by atoms with Gasteiger partial charge in [-0.3, -0.25) is 9.88 Å². The third kappa shape index (κ3) is 2.84. The van der Waals surface area contributed by atoms with Gasteiger partial charge in [-0.15, -0.1) is 0 Å². The van der Waals surface area contributed by atoms with E-state index < -0.39 is 0 Å². The minimum atomic E-state index is 0.275. The Bertz CT molecular complexity index is 653. The van der Waals surface area contributed by atoms with Crippen molar-refractivity contribution in [1.82, 2.24) is 15.2 Å². The molecule has 4 heteroatoms. The topological polar surface area (TPSA) is 48.4 Å². The zero-order valence-electron chi connectivity index (χ0n) is 13.2. The van der Waals surface area contributed by atoms with Gasteiger partial charge in [0.25, 0.3) is 0 Å². The molecular formula is C19H23N3O. The lowest BCUT2D eigenvalue weighted by Crippen LogP contribution is -2.57. The molecule has 4 heterocycles. The summed E-state index contributed by atoms with van der Waals surface area (Å²) in [5.74, 6) is 0.980. The summed E-state index contributed by atoms with van der Waals surface area (Å²) < 4.78 is 0. The standard InChI is InChI=1S/C19H23N3O/c23-17-7-4-10-20-16(17)13-21-18-14-8-11-22(12-9-14)19(18)15-5-2-1-3-6-15/h1-7,10,14,18-19,21,23H,8-9,11-13H2. The first-order chi connectivity index (χ1) is 11.3. The van der Waals surface area contributed by atoms with Crippen LogP contribution in [0.5, 0.6) is 5.75 Å². The molecule has 1 aromatic carbocycles. The lowest BCUT2D eigenvalue weighted by molar-refractivity contribution is 0.0110. The summed E-state index contributed by atoms with van der Waals surface area (Å²) in [6.07, 6.45) is 4.26. The van der Waals surface area contributed by atoms with Crippen molar-refractivity contribution in [3.8, 4) is 5.75 Å². The molecule has 3 fully saturated rings. The zero-order valence-corrected chi connectivity index (χ0v) is 13.2. The smallest absolute Gasteiger partial charge is 0.138 e. The second-order valence-electron chi connectivity index (χ2n) is 6.60. The minimum Gasteiger partial charge on any atom is -0.506 e. The number of benzene rings is 1. The molecule has 0 amide bonds. The Kier molecular flexibility index (Phi) is 4.02. The molecule has 2 atom stereocenters. The Labute approximate surface area is 137 Å². The predicted molar refractivity (Wildman–Crippen MR) is 90.0 cm³/mol. The number of piperidine rings is 3. The molecule has 3 aliphatic rings. The fraction of sp³-hybridized carbons (Fsp3) is 0.421. The number of hydrogen-bond donors (Lipinski definition) is 2. The van der Waals surface area contributed by atoms with Gasteiger partial charge in [0.2, 0.25) is 0 Å². The molecule has 3 saturated heterocycles. The van der Waals surface area contributed by atoms with Gasteiger partial charge in [-0.1, -0.05) is 30.3 Å². The van der Waals surface area contributed by atoms with Gasteiger partial charge in [0, 0.05) is 18.8 Å². The number of pyridine rings is 1. The normalized spacial score (nSPS) is 29.6. The summed E-state index contributed by atoms with van der Waals surface area (Å²) in [5.41, 5.74) is 2.12. The highest BCUT2D eigenvalue weighted by Crippen LogP contribution is 2.40. The maximum absolute atomic E-state index is 9.94. The molecule has 5 rings (SSSR count). The molecule has 1 aromatic heterocycles. The Morgan fingerprint density at radius 2 is 1.87 bits per heavy atom. The monoisotopic (exact) mass is 309 g/mol. The van der Waals surface area contributed by atoms with E-state index in [2.05, 4.69) is 45.5 Å². The van der Waals surface area contributed by atoms with Crippen LogP contribution in [0.1, 0.15) is 30.1 Å². The Morgan fingerprint density at radius 3 is 2.61 bits per heavy atom. The molecule has 3 aliphatic heterocycles. The van der Waals surface area contributed by atoms with Crippen LogP contribution in [0.4, 0.5) is 0 Å². The van der Waals surface area contributed by atoms with E-state index in [1.807, 2.05) is 0 Å². The second-order valence-corrected chi connectivity index (χ2v) is 6.60. The molecule has 120 valence electrons. The van der Waals surface area contributed by atoms with Crippen molar-refractivity contribution in [2.75, 3.05) is 13.1 Å². The molecule has 0 aliphatic carbocycles. The van der Waals surface area contributed by atoms with E-state index in [1.165, 1.54) is 31.5 Å². The molecule has 4 nitrogen and oxygen atoms in total. The molecule has 0 radical (unpaired) electrons.